The van der Waals surface area contributed by atoms with Gasteiger partial charge in [0, 0.05) is 18.7 Å². The van der Waals surface area contributed by atoms with Gasteiger partial charge in [0.1, 0.15) is 0 Å². The quantitative estimate of drug-likeness (QED) is 0.790. The molecule has 0 aromatic heterocycles. The van der Waals surface area contributed by atoms with Crippen LogP contribution < -0.4 is 11.1 Å². The van der Waals surface area contributed by atoms with E-state index in [4.69, 9.17) is 5.73 Å². The topological polar surface area (TPSA) is 55.1 Å². The van der Waals surface area contributed by atoms with Crippen LogP contribution in [0, 0.1) is 5.41 Å². The third kappa shape index (κ3) is 7.51. The molecule has 20 heavy (non-hydrogen) atoms. The van der Waals surface area contributed by atoms with E-state index in [9.17, 15) is 4.79 Å². The Balaban J connectivity index is 0.00000361. The molecular weight excluding hydrogens is 272 g/mol. The highest BCUT2D eigenvalue weighted by Crippen LogP contribution is 2.21. The maximum Gasteiger partial charge on any atom is 0.251 e. The van der Waals surface area contributed by atoms with Crippen molar-refractivity contribution < 1.29 is 4.79 Å². The Hall–Kier alpha value is -1.06. The van der Waals surface area contributed by atoms with Gasteiger partial charge in [0.15, 0.2) is 0 Å². The van der Waals surface area contributed by atoms with Gasteiger partial charge in [-0.2, -0.15) is 0 Å². The zero-order valence-corrected chi connectivity index (χ0v) is 13.6. The van der Waals surface area contributed by atoms with E-state index in [1.165, 1.54) is 6.42 Å². The molecule has 0 atom stereocenters. The van der Waals surface area contributed by atoms with Crippen molar-refractivity contribution in [3.8, 4) is 0 Å². The Bertz CT molecular complexity index is 396. The minimum atomic E-state index is -0.000620. The summed E-state index contributed by atoms with van der Waals surface area (Å²) in [6.07, 6.45) is 3.37. The van der Waals surface area contributed by atoms with Gasteiger partial charge in [-0.15, -0.1) is 12.4 Å². The number of amides is 1. The van der Waals surface area contributed by atoms with Crippen LogP contribution in [-0.2, 0) is 6.54 Å². The van der Waals surface area contributed by atoms with Crippen molar-refractivity contribution in [1.29, 1.82) is 0 Å². The molecule has 4 heteroatoms. The maximum atomic E-state index is 11.9. The lowest BCUT2D eigenvalue weighted by Crippen LogP contribution is -2.24. The van der Waals surface area contributed by atoms with Gasteiger partial charge in [-0.25, -0.2) is 0 Å². The van der Waals surface area contributed by atoms with Gasteiger partial charge in [0.2, 0.25) is 0 Å². The fourth-order valence-corrected chi connectivity index (χ4v) is 1.88. The molecule has 3 N–H and O–H groups in total. The lowest BCUT2D eigenvalue weighted by atomic mass is 9.90. The minimum Gasteiger partial charge on any atom is -0.352 e. The molecule has 1 aromatic rings. The van der Waals surface area contributed by atoms with E-state index in [0.29, 0.717) is 17.5 Å². The van der Waals surface area contributed by atoms with Crippen LogP contribution in [-0.4, -0.2) is 12.5 Å². The molecule has 0 heterocycles. The lowest BCUT2D eigenvalue weighted by molar-refractivity contribution is 0.0952. The monoisotopic (exact) mass is 298 g/mol. The van der Waals surface area contributed by atoms with Crippen LogP contribution in [0.2, 0.25) is 0 Å². The predicted octanol–water partition coefficient (Wildman–Crippen LogP) is 3.51. The number of nitrogens with two attached hydrogens (primary N) is 1. The molecule has 1 rings (SSSR count). The van der Waals surface area contributed by atoms with Crippen LogP contribution in [0.15, 0.2) is 24.3 Å². The van der Waals surface area contributed by atoms with Gasteiger partial charge in [-0.1, -0.05) is 39.3 Å². The van der Waals surface area contributed by atoms with Gasteiger partial charge in [-0.05, 0) is 36.0 Å². The number of hydrogen-bond donors (Lipinski definition) is 2. The van der Waals surface area contributed by atoms with Crippen molar-refractivity contribution in [2.24, 2.45) is 11.1 Å². The molecule has 0 unspecified atom stereocenters. The highest BCUT2D eigenvalue weighted by molar-refractivity contribution is 5.94. The number of carbonyl (C=O) groups is 1. The normalized spacial score (nSPS) is 10.8. The Morgan fingerprint density at radius 1 is 1.15 bits per heavy atom. The van der Waals surface area contributed by atoms with E-state index < -0.39 is 0 Å². The summed E-state index contributed by atoms with van der Waals surface area (Å²) in [4.78, 5) is 11.9. The Morgan fingerprint density at radius 3 is 2.25 bits per heavy atom. The summed E-state index contributed by atoms with van der Waals surface area (Å²) < 4.78 is 0. The van der Waals surface area contributed by atoms with Crippen LogP contribution in [0.1, 0.15) is 56.0 Å². The fraction of sp³-hybridized carbons (Fsp3) is 0.562. The first-order valence-electron chi connectivity index (χ1n) is 6.99. The van der Waals surface area contributed by atoms with E-state index in [2.05, 4.69) is 26.1 Å². The lowest BCUT2D eigenvalue weighted by Gasteiger charge is -2.17. The van der Waals surface area contributed by atoms with Crippen LogP contribution in [0.25, 0.3) is 0 Å². The fourth-order valence-electron chi connectivity index (χ4n) is 1.88. The number of unbranched alkanes of at least 4 members (excludes halogenated alkanes) is 1. The highest BCUT2D eigenvalue weighted by Gasteiger charge is 2.09. The predicted molar refractivity (Wildman–Crippen MR) is 87.2 cm³/mol. The van der Waals surface area contributed by atoms with Crippen LogP contribution in [0.3, 0.4) is 0 Å². The van der Waals surface area contributed by atoms with Gasteiger partial charge in [-0.3, -0.25) is 4.79 Å². The molecule has 0 saturated heterocycles. The van der Waals surface area contributed by atoms with Gasteiger partial charge < -0.3 is 11.1 Å². The minimum absolute atomic E-state index is 0. The van der Waals surface area contributed by atoms with Crippen molar-refractivity contribution in [2.45, 2.75) is 46.6 Å². The molecule has 0 aliphatic carbocycles. The molecule has 0 spiro atoms. The molecule has 0 aliphatic heterocycles. The van der Waals surface area contributed by atoms with Crippen LogP contribution in [0.5, 0.6) is 0 Å². The summed E-state index contributed by atoms with van der Waals surface area (Å²) in [5, 5.41) is 2.95. The summed E-state index contributed by atoms with van der Waals surface area (Å²) in [6.45, 7) is 7.97. The van der Waals surface area contributed by atoms with E-state index in [1.54, 1.807) is 0 Å². The zero-order chi connectivity index (χ0) is 14.3. The number of rotatable bonds is 6. The number of hydrogen-bond acceptors (Lipinski definition) is 2. The third-order valence-corrected chi connectivity index (χ3v) is 3.09. The molecule has 0 radical (unpaired) electrons. The first kappa shape index (κ1) is 18.9. The molecule has 3 nitrogen and oxygen atoms in total. The first-order chi connectivity index (χ1) is 8.92. The number of carbonyl (C=O) groups excluding carboxylic acids is 1. The molecule has 0 bridgehead atoms. The van der Waals surface area contributed by atoms with E-state index in [-0.39, 0.29) is 18.3 Å². The van der Waals surface area contributed by atoms with Crippen molar-refractivity contribution in [3.63, 3.8) is 0 Å². The number of halogens is 1. The zero-order valence-electron chi connectivity index (χ0n) is 12.7. The van der Waals surface area contributed by atoms with Gasteiger partial charge in [0.05, 0.1) is 0 Å². The molecule has 1 amide bonds. The molecular formula is C16H27ClN2O. The maximum absolute atomic E-state index is 11.9. The molecule has 1 aromatic carbocycles. The summed E-state index contributed by atoms with van der Waals surface area (Å²) in [5.74, 6) is -0.000620. The van der Waals surface area contributed by atoms with Gasteiger partial charge >= 0.3 is 0 Å². The summed E-state index contributed by atoms with van der Waals surface area (Å²) in [5.41, 5.74) is 7.65. The second-order valence-electron chi connectivity index (χ2n) is 6.17. The SMILES string of the molecule is CC(C)(C)CCCCNC(=O)c1ccc(CN)cc1.Cl. The smallest absolute Gasteiger partial charge is 0.251 e. The van der Waals surface area contributed by atoms with Crippen molar-refractivity contribution in [1.82, 2.24) is 5.32 Å². The average Bonchev–Trinajstić information content (AvgIpc) is 2.37. The second kappa shape index (κ2) is 8.98. The average molecular weight is 299 g/mol. The molecule has 0 aliphatic rings. The Labute approximate surface area is 128 Å². The molecule has 0 saturated carbocycles. The van der Waals surface area contributed by atoms with Crippen LogP contribution in [0.4, 0.5) is 0 Å². The number of nitrogens with one attached hydrogen (secondary N) is 1. The number of benzene rings is 1. The highest BCUT2D eigenvalue weighted by atomic mass is 35.5. The molecule has 114 valence electrons. The summed E-state index contributed by atoms with van der Waals surface area (Å²) in [6, 6.07) is 7.45. The third-order valence-electron chi connectivity index (χ3n) is 3.09. The van der Waals surface area contributed by atoms with E-state index in [1.807, 2.05) is 24.3 Å². The summed E-state index contributed by atoms with van der Waals surface area (Å²) >= 11 is 0. The summed E-state index contributed by atoms with van der Waals surface area (Å²) in [7, 11) is 0. The second-order valence-corrected chi connectivity index (χ2v) is 6.17. The Kier molecular flexibility index (Phi) is 8.51. The van der Waals surface area contributed by atoms with E-state index in [0.717, 1.165) is 24.9 Å². The van der Waals surface area contributed by atoms with Gasteiger partial charge in [0.25, 0.3) is 5.91 Å². The van der Waals surface area contributed by atoms with Crippen molar-refractivity contribution in [3.05, 3.63) is 35.4 Å². The van der Waals surface area contributed by atoms with Crippen molar-refractivity contribution >= 4 is 18.3 Å². The molecule has 0 fully saturated rings. The Morgan fingerprint density at radius 2 is 1.75 bits per heavy atom. The standard InChI is InChI=1S/C16H26N2O.ClH/c1-16(2,3)10-4-5-11-18-15(19)14-8-6-13(12-17)7-9-14;/h6-9H,4-5,10-12,17H2,1-3H3,(H,18,19);1H. The van der Waals surface area contributed by atoms with Crippen LogP contribution >= 0.6 is 12.4 Å². The van der Waals surface area contributed by atoms with E-state index >= 15 is 0 Å². The largest absolute Gasteiger partial charge is 0.352 e. The van der Waals surface area contributed by atoms with Crippen molar-refractivity contribution in [2.75, 3.05) is 6.54 Å². The first-order valence-corrected chi connectivity index (χ1v) is 6.99.